The second-order valence-corrected chi connectivity index (χ2v) is 11.2. The second kappa shape index (κ2) is 13.6. The van der Waals surface area contributed by atoms with Gasteiger partial charge in [0.25, 0.3) is 5.56 Å². The molecule has 0 spiro atoms. The van der Waals surface area contributed by atoms with Crippen LogP contribution in [0, 0.1) is 5.92 Å². The highest BCUT2D eigenvalue weighted by molar-refractivity contribution is 6.31. The number of pyridine rings is 1. The first-order chi connectivity index (χ1) is 22.3. The van der Waals surface area contributed by atoms with E-state index in [-0.39, 0.29) is 23.4 Å². The van der Waals surface area contributed by atoms with E-state index in [2.05, 4.69) is 20.4 Å². The predicted molar refractivity (Wildman–Crippen MR) is 166 cm³/mol. The van der Waals surface area contributed by atoms with Crippen LogP contribution in [0.5, 0.6) is 0 Å². The van der Waals surface area contributed by atoms with Gasteiger partial charge in [0, 0.05) is 53.8 Å². The van der Waals surface area contributed by atoms with Crippen molar-refractivity contribution in [1.82, 2.24) is 33.9 Å². The van der Waals surface area contributed by atoms with E-state index in [1.807, 2.05) is 42.9 Å². The maximum atomic E-state index is 13.7. The summed E-state index contributed by atoms with van der Waals surface area (Å²) in [5, 5.41) is 15.1. The number of hydrogen-bond acceptors (Lipinski definition) is 7. The number of benzene rings is 1. The third kappa shape index (κ3) is 7.41. The van der Waals surface area contributed by atoms with E-state index in [9.17, 15) is 22.8 Å². The number of aliphatic carboxylic acids is 1. The minimum atomic E-state index is -5.08. The molecular weight excluding hydrogens is 641 g/mol. The van der Waals surface area contributed by atoms with Crippen molar-refractivity contribution in [1.29, 1.82) is 0 Å². The maximum Gasteiger partial charge on any atom is 0.490 e. The van der Waals surface area contributed by atoms with Crippen molar-refractivity contribution in [3.05, 3.63) is 94.9 Å². The van der Waals surface area contributed by atoms with Crippen LogP contribution in [0.3, 0.4) is 0 Å². The summed E-state index contributed by atoms with van der Waals surface area (Å²) >= 11 is 6.33. The molecule has 0 aliphatic carbocycles. The van der Waals surface area contributed by atoms with Crippen molar-refractivity contribution in [2.24, 2.45) is 13.0 Å². The fraction of sp³-hybridized carbons (Fsp3) is 0.258. The Morgan fingerprint density at radius 3 is 2.51 bits per heavy atom. The number of anilines is 1. The number of nitrogens with zero attached hydrogens (tertiary/aromatic N) is 7. The molecule has 2 bridgehead atoms. The Bertz CT molecular complexity index is 1970. The van der Waals surface area contributed by atoms with Crippen LogP contribution in [0.2, 0.25) is 5.02 Å². The number of rotatable bonds is 3. The molecule has 0 saturated carbocycles. The monoisotopic (exact) mass is 668 g/mol. The van der Waals surface area contributed by atoms with Crippen molar-refractivity contribution in [3.63, 3.8) is 0 Å². The lowest BCUT2D eigenvalue weighted by molar-refractivity contribution is -0.192. The number of alkyl halides is 3. The Morgan fingerprint density at radius 2 is 1.83 bits per heavy atom. The number of halogens is 4. The number of imidazole rings is 1. The van der Waals surface area contributed by atoms with Gasteiger partial charge in [-0.15, -0.1) is 0 Å². The van der Waals surface area contributed by atoms with Crippen LogP contribution in [0.15, 0.2) is 78.6 Å². The second-order valence-electron chi connectivity index (χ2n) is 10.8. The Labute approximate surface area is 270 Å². The molecule has 5 heterocycles. The molecule has 1 aliphatic rings. The smallest absolute Gasteiger partial charge is 0.475 e. The van der Waals surface area contributed by atoms with E-state index in [4.69, 9.17) is 26.5 Å². The topological polar surface area (TPSA) is 150 Å². The van der Waals surface area contributed by atoms with Crippen LogP contribution in [-0.2, 0) is 16.6 Å². The van der Waals surface area contributed by atoms with Crippen molar-refractivity contribution in [3.8, 4) is 28.2 Å². The van der Waals surface area contributed by atoms with Gasteiger partial charge >= 0.3 is 12.1 Å². The standard InChI is InChI=1S/C29H27ClN8O2.C2HF3O2/c1-18-4-3-5-26(23-12-19(8-9-32-23)28-24(35-29(18)40)15-34-36(28)2)38-17-33-22(14-27(38)39)21-13-20(30)6-7-25(21)37-11-10-31-16-37;3-2(4,5)1(6)7/h6-18,26H,3-5H2,1-2H3,(H,35,40);(H,6,7)/t18-,26+;/m1./s1. The Balaban J connectivity index is 0.000000559. The first-order valence-electron chi connectivity index (χ1n) is 14.3. The lowest BCUT2D eigenvalue weighted by atomic mass is 9.97. The third-order valence-corrected chi connectivity index (χ3v) is 7.82. The lowest BCUT2D eigenvalue weighted by Crippen LogP contribution is -2.27. The molecule has 1 aromatic carbocycles. The van der Waals surface area contributed by atoms with Crippen LogP contribution in [0.4, 0.5) is 18.9 Å². The molecule has 0 unspecified atom stereocenters. The van der Waals surface area contributed by atoms with Crippen molar-refractivity contribution < 1.29 is 27.9 Å². The van der Waals surface area contributed by atoms with Gasteiger partial charge in [-0.3, -0.25) is 23.8 Å². The molecule has 0 fully saturated rings. The molecule has 6 rings (SSSR count). The molecule has 2 atom stereocenters. The summed E-state index contributed by atoms with van der Waals surface area (Å²) in [7, 11) is 1.83. The Hall–Kier alpha value is -5.31. The summed E-state index contributed by atoms with van der Waals surface area (Å²) in [6, 6.07) is 10.5. The molecule has 4 aromatic heterocycles. The van der Waals surface area contributed by atoms with Gasteiger partial charge in [0.1, 0.15) is 0 Å². The number of aromatic nitrogens is 7. The highest BCUT2D eigenvalue weighted by Crippen LogP contribution is 2.33. The highest BCUT2D eigenvalue weighted by Gasteiger charge is 2.38. The van der Waals surface area contributed by atoms with Gasteiger partial charge in [-0.2, -0.15) is 18.3 Å². The van der Waals surface area contributed by atoms with Gasteiger partial charge in [0.2, 0.25) is 5.91 Å². The number of carbonyl (C=O) groups is 2. The number of carboxylic acid groups (broad SMARTS) is 1. The number of fused-ring (bicyclic) bond motifs is 4. The first-order valence-corrected chi connectivity index (χ1v) is 14.7. The summed E-state index contributed by atoms with van der Waals surface area (Å²) < 4.78 is 36.9. The molecule has 1 aliphatic heterocycles. The van der Waals surface area contributed by atoms with Crippen molar-refractivity contribution >= 4 is 29.2 Å². The highest BCUT2D eigenvalue weighted by atomic mass is 35.5. The number of hydrogen-bond donors (Lipinski definition) is 2. The molecule has 2 N–H and O–H groups in total. The normalized spacial score (nSPS) is 16.5. The fourth-order valence-electron chi connectivity index (χ4n) is 5.21. The van der Waals surface area contributed by atoms with Gasteiger partial charge in [-0.25, -0.2) is 14.8 Å². The number of carbonyl (C=O) groups excluding carboxylic acids is 1. The quantitative estimate of drug-likeness (QED) is 0.255. The summed E-state index contributed by atoms with van der Waals surface area (Å²) in [6.07, 6.45) is 7.07. The van der Waals surface area contributed by atoms with Crippen LogP contribution in [-0.4, -0.2) is 57.0 Å². The number of amides is 1. The molecule has 47 heavy (non-hydrogen) atoms. The lowest BCUT2D eigenvalue weighted by Gasteiger charge is -2.22. The van der Waals surface area contributed by atoms with Gasteiger partial charge in [0.05, 0.1) is 53.3 Å². The van der Waals surface area contributed by atoms with Gasteiger partial charge in [-0.1, -0.05) is 24.9 Å². The summed E-state index contributed by atoms with van der Waals surface area (Å²) in [6.45, 7) is 1.91. The van der Waals surface area contributed by atoms with E-state index in [0.29, 0.717) is 29.2 Å². The zero-order valence-corrected chi connectivity index (χ0v) is 25.8. The molecule has 244 valence electrons. The fourth-order valence-corrected chi connectivity index (χ4v) is 5.39. The molecule has 0 radical (unpaired) electrons. The minimum Gasteiger partial charge on any atom is -0.475 e. The van der Waals surface area contributed by atoms with Crippen LogP contribution in [0.25, 0.3) is 28.2 Å². The first kappa shape index (κ1) is 33.1. The maximum absolute atomic E-state index is 13.7. The predicted octanol–water partition coefficient (Wildman–Crippen LogP) is 5.53. The molecule has 16 heteroatoms. The Morgan fingerprint density at radius 1 is 1.06 bits per heavy atom. The third-order valence-electron chi connectivity index (χ3n) is 7.59. The zero-order valence-electron chi connectivity index (χ0n) is 25.0. The van der Waals surface area contributed by atoms with E-state index in [1.54, 1.807) is 52.6 Å². The van der Waals surface area contributed by atoms with Gasteiger partial charge in [0.15, 0.2) is 0 Å². The van der Waals surface area contributed by atoms with Crippen molar-refractivity contribution in [2.75, 3.05) is 5.32 Å². The molecule has 0 saturated heterocycles. The van der Waals surface area contributed by atoms with Crippen LogP contribution in [0.1, 0.15) is 37.9 Å². The summed E-state index contributed by atoms with van der Waals surface area (Å²) in [5.41, 5.74) is 4.83. The number of aryl methyl sites for hydroxylation is 1. The average Bonchev–Trinajstić information content (AvgIpc) is 3.69. The largest absolute Gasteiger partial charge is 0.490 e. The molecule has 12 nitrogen and oxygen atoms in total. The molecular formula is C31H28ClF3N8O4. The Kier molecular flexibility index (Phi) is 9.56. The minimum absolute atomic E-state index is 0.0564. The van der Waals surface area contributed by atoms with Gasteiger partial charge < -0.3 is 15.0 Å². The average molecular weight is 669 g/mol. The number of nitrogens with one attached hydrogen (secondary N) is 1. The van der Waals surface area contributed by atoms with Crippen molar-refractivity contribution in [2.45, 2.75) is 38.4 Å². The molecule has 5 aromatic rings. The van der Waals surface area contributed by atoms with E-state index in [0.717, 1.165) is 34.6 Å². The van der Waals surface area contributed by atoms with Crippen LogP contribution >= 0.6 is 11.6 Å². The summed E-state index contributed by atoms with van der Waals surface area (Å²) in [5.74, 6) is -3.02. The zero-order chi connectivity index (χ0) is 33.9. The van der Waals surface area contributed by atoms with E-state index < -0.39 is 12.1 Å². The van der Waals surface area contributed by atoms with Crippen LogP contribution < -0.4 is 10.9 Å². The van der Waals surface area contributed by atoms with Gasteiger partial charge in [-0.05, 0) is 43.2 Å². The van der Waals surface area contributed by atoms with E-state index in [1.165, 1.54) is 6.07 Å². The summed E-state index contributed by atoms with van der Waals surface area (Å²) in [4.78, 5) is 49.0. The number of carboxylic acids is 1. The molecule has 1 amide bonds. The SMILES string of the molecule is C[C@@H]1CCC[C@H](n2cnc(-c3cc(Cl)ccc3-n3ccnc3)cc2=O)c2cc(ccn2)-c2c(cnn2C)NC1=O.O=C(O)C(F)(F)F. The van der Waals surface area contributed by atoms with E-state index >= 15 is 0 Å².